The van der Waals surface area contributed by atoms with Gasteiger partial charge in [-0.2, -0.15) is 15.0 Å². The number of carbonyl (C=O) groups excluding carboxylic acids is 2. The summed E-state index contributed by atoms with van der Waals surface area (Å²) in [7, 11) is 0. The van der Waals surface area contributed by atoms with Gasteiger partial charge in [-0.1, -0.05) is 35.4 Å². The van der Waals surface area contributed by atoms with E-state index in [1.807, 2.05) is 30.3 Å². The summed E-state index contributed by atoms with van der Waals surface area (Å²) in [6, 6.07) is 22.5. The summed E-state index contributed by atoms with van der Waals surface area (Å²) in [5.74, 6) is 0.791. The number of ether oxygens (including phenoxy) is 4. The van der Waals surface area contributed by atoms with Gasteiger partial charge in [0, 0.05) is 60.1 Å². The molecule has 1 heterocycles. The van der Waals surface area contributed by atoms with Gasteiger partial charge in [-0.25, -0.2) is 0 Å². The highest BCUT2D eigenvalue weighted by Crippen LogP contribution is 2.21. The van der Waals surface area contributed by atoms with Crippen molar-refractivity contribution in [2.24, 2.45) is 5.11 Å². The highest BCUT2D eigenvalue weighted by Gasteiger charge is 2.10. The molecular formula is C36H44N10O7. The van der Waals surface area contributed by atoms with E-state index in [-0.39, 0.29) is 35.9 Å². The molecule has 5 N–H and O–H groups in total. The number of amides is 1. The Morgan fingerprint density at radius 1 is 0.660 bits per heavy atom. The van der Waals surface area contributed by atoms with Crippen LogP contribution < -0.4 is 21.3 Å². The van der Waals surface area contributed by atoms with Gasteiger partial charge in [-0.15, -0.1) is 0 Å². The van der Waals surface area contributed by atoms with Crippen LogP contribution in [-0.2, 0) is 18.9 Å². The van der Waals surface area contributed by atoms with Crippen molar-refractivity contribution >= 4 is 40.9 Å². The minimum Gasteiger partial charge on any atom is -0.508 e. The van der Waals surface area contributed by atoms with Gasteiger partial charge < -0.3 is 45.3 Å². The second kappa shape index (κ2) is 23.6. The molecule has 4 aromatic rings. The van der Waals surface area contributed by atoms with Gasteiger partial charge >= 0.3 is 0 Å². The van der Waals surface area contributed by atoms with Crippen LogP contribution in [0.3, 0.4) is 0 Å². The Bertz CT molecular complexity index is 1730. The molecule has 0 aliphatic heterocycles. The lowest BCUT2D eigenvalue weighted by atomic mass is 10.1. The van der Waals surface area contributed by atoms with E-state index in [1.165, 1.54) is 0 Å². The molecule has 0 radical (unpaired) electrons. The lowest BCUT2D eigenvalue weighted by Gasteiger charge is -2.12. The van der Waals surface area contributed by atoms with E-state index in [0.717, 1.165) is 0 Å². The summed E-state index contributed by atoms with van der Waals surface area (Å²) >= 11 is 0. The van der Waals surface area contributed by atoms with Gasteiger partial charge in [0.2, 0.25) is 17.8 Å². The number of aromatic hydroxyl groups is 1. The summed E-state index contributed by atoms with van der Waals surface area (Å²) in [5.41, 5.74) is 10.7. The minimum atomic E-state index is -0.248. The largest absolute Gasteiger partial charge is 0.508 e. The van der Waals surface area contributed by atoms with Crippen molar-refractivity contribution in [2.45, 2.75) is 12.8 Å². The SMILES string of the molecule is [N-]=[N+]=NCCOCCOCCNC(=O)c1ccc(Nc2nc(NCCOCCOCCCC(=O)c3ccccc3)nc(Nc3ccc(O)cc3)n2)cc1. The topological polar surface area (TPSA) is 227 Å². The molecule has 53 heavy (non-hydrogen) atoms. The number of aromatic nitrogens is 3. The molecule has 0 aliphatic rings. The zero-order valence-corrected chi connectivity index (χ0v) is 29.3. The first-order valence-corrected chi connectivity index (χ1v) is 17.1. The number of hydrogen-bond donors (Lipinski definition) is 5. The number of Topliss-reactive ketones (excluding diaryl/α,β-unsaturated/α-hetero) is 1. The Kier molecular flexibility index (Phi) is 17.8. The van der Waals surface area contributed by atoms with Crippen molar-refractivity contribution in [3.8, 4) is 5.75 Å². The second-order valence-electron chi connectivity index (χ2n) is 11.2. The number of carbonyl (C=O) groups is 2. The first-order chi connectivity index (χ1) is 26.0. The molecule has 17 nitrogen and oxygen atoms in total. The minimum absolute atomic E-state index is 0.104. The number of nitrogens with one attached hydrogen (secondary N) is 4. The van der Waals surface area contributed by atoms with E-state index in [9.17, 15) is 14.7 Å². The van der Waals surface area contributed by atoms with Gasteiger partial charge in [0.25, 0.3) is 5.91 Å². The normalized spacial score (nSPS) is 10.6. The molecule has 0 aliphatic carbocycles. The monoisotopic (exact) mass is 728 g/mol. The molecule has 0 atom stereocenters. The molecule has 0 unspecified atom stereocenters. The molecular weight excluding hydrogens is 684 g/mol. The predicted molar refractivity (Wildman–Crippen MR) is 199 cm³/mol. The van der Waals surface area contributed by atoms with E-state index >= 15 is 0 Å². The quantitative estimate of drug-likeness (QED) is 0.0139. The molecule has 3 aromatic carbocycles. The lowest BCUT2D eigenvalue weighted by molar-refractivity contribution is 0.0497. The molecule has 1 amide bonds. The fraction of sp³-hybridized carbons (Fsp3) is 0.361. The maximum absolute atomic E-state index is 12.6. The standard InChI is InChI=1S/C36H44N10O7/c37-46-40-18-22-53-26-25-51-20-16-38-33(49)28-8-10-29(11-9-28)41-35-43-34(44-36(45-35)42-30-12-14-31(47)15-13-30)39-17-21-52-24-23-50-19-4-7-32(48)27-5-2-1-3-6-27/h1-3,5-6,8-15,47H,4,7,16-26H2,(H,38,49)(H3,39,41,42,43,44,45). The van der Waals surface area contributed by atoms with Crippen molar-refractivity contribution < 1.29 is 33.6 Å². The first kappa shape index (κ1) is 39.9. The number of ketones is 1. The number of nitrogens with zero attached hydrogens (tertiary/aromatic N) is 6. The average molecular weight is 729 g/mol. The molecule has 280 valence electrons. The van der Waals surface area contributed by atoms with Crippen LogP contribution in [0.5, 0.6) is 5.75 Å². The van der Waals surface area contributed by atoms with Gasteiger partial charge in [-0.05, 0) is 60.5 Å². The zero-order chi connectivity index (χ0) is 37.4. The Morgan fingerprint density at radius 2 is 1.23 bits per heavy atom. The van der Waals surface area contributed by atoms with Gasteiger partial charge in [0.05, 0.1) is 46.2 Å². The van der Waals surface area contributed by atoms with Crippen LogP contribution >= 0.6 is 0 Å². The highest BCUT2D eigenvalue weighted by atomic mass is 16.5. The summed E-state index contributed by atoms with van der Waals surface area (Å²) < 4.78 is 22.0. The number of hydrogen-bond acceptors (Lipinski definition) is 14. The second-order valence-corrected chi connectivity index (χ2v) is 11.2. The summed E-state index contributed by atoms with van der Waals surface area (Å²) in [6.45, 7) is 4.03. The van der Waals surface area contributed by atoms with Crippen molar-refractivity contribution in [3.63, 3.8) is 0 Å². The zero-order valence-electron chi connectivity index (χ0n) is 29.3. The van der Waals surface area contributed by atoms with Crippen LogP contribution in [0.15, 0.2) is 84.0 Å². The summed E-state index contributed by atoms with van der Waals surface area (Å²) in [5, 5.41) is 25.2. The Morgan fingerprint density at radius 3 is 1.87 bits per heavy atom. The molecule has 0 saturated carbocycles. The van der Waals surface area contributed by atoms with Crippen molar-refractivity contribution in [1.29, 1.82) is 0 Å². The molecule has 0 bridgehead atoms. The van der Waals surface area contributed by atoms with E-state index in [1.54, 1.807) is 48.5 Å². The van der Waals surface area contributed by atoms with Crippen LogP contribution in [0.2, 0.25) is 0 Å². The van der Waals surface area contributed by atoms with Gasteiger partial charge in [0.1, 0.15) is 5.75 Å². The fourth-order valence-corrected chi connectivity index (χ4v) is 4.55. The fourth-order valence-electron chi connectivity index (χ4n) is 4.55. The van der Waals surface area contributed by atoms with Crippen molar-refractivity contribution in [1.82, 2.24) is 20.3 Å². The molecule has 17 heteroatoms. The Labute approximate surface area is 307 Å². The lowest BCUT2D eigenvalue weighted by Crippen LogP contribution is -2.27. The molecule has 1 aromatic heterocycles. The number of anilines is 5. The molecule has 0 spiro atoms. The maximum atomic E-state index is 12.6. The number of rotatable bonds is 26. The third kappa shape index (κ3) is 15.9. The smallest absolute Gasteiger partial charge is 0.251 e. The number of phenols is 1. The van der Waals surface area contributed by atoms with Crippen LogP contribution in [-0.4, -0.2) is 104 Å². The molecule has 0 fully saturated rings. The third-order valence-corrected chi connectivity index (χ3v) is 7.15. The number of azide groups is 1. The van der Waals surface area contributed by atoms with Crippen LogP contribution in [0.4, 0.5) is 29.2 Å². The van der Waals surface area contributed by atoms with E-state index in [2.05, 4.69) is 46.2 Å². The summed E-state index contributed by atoms with van der Waals surface area (Å²) in [4.78, 5) is 40.8. The number of benzene rings is 3. The highest BCUT2D eigenvalue weighted by molar-refractivity contribution is 5.96. The summed E-state index contributed by atoms with van der Waals surface area (Å²) in [6.07, 6.45) is 1.07. The third-order valence-electron chi connectivity index (χ3n) is 7.15. The van der Waals surface area contributed by atoms with Crippen LogP contribution in [0.1, 0.15) is 33.6 Å². The van der Waals surface area contributed by atoms with Crippen LogP contribution in [0.25, 0.3) is 10.4 Å². The van der Waals surface area contributed by atoms with E-state index in [0.29, 0.717) is 107 Å². The first-order valence-electron chi connectivity index (χ1n) is 17.1. The van der Waals surface area contributed by atoms with Crippen molar-refractivity contribution in [3.05, 3.63) is 100 Å². The van der Waals surface area contributed by atoms with Gasteiger partial charge in [-0.3, -0.25) is 9.59 Å². The average Bonchev–Trinajstić information content (AvgIpc) is 3.17. The molecule has 0 saturated heterocycles. The van der Waals surface area contributed by atoms with E-state index in [4.69, 9.17) is 24.5 Å². The molecule has 4 rings (SSSR count). The van der Waals surface area contributed by atoms with Crippen molar-refractivity contribution in [2.75, 3.05) is 88.4 Å². The maximum Gasteiger partial charge on any atom is 0.251 e. The van der Waals surface area contributed by atoms with E-state index < -0.39 is 0 Å². The Hall–Kier alpha value is -5.84. The van der Waals surface area contributed by atoms with Gasteiger partial charge in [0.15, 0.2) is 5.78 Å². The predicted octanol–water partition coefficient (Wildman–Crippen LogP) is 5.25. The van der Waals surface area contributed by atoms with Crippen LogP contribution in [0, 0.1) is 0 Å². The Balaban J connectivity index is 1.19. The number of phenolic OH excluding ortho intramolecular Hbond substituents is 1.